The van der Waals surface area contributed by atoms with Crippen molar-refractivity contribution in [1.82, 2.24) is 15.0 Å². The summed E-state index contributed by atoms with van der Waals surface area (Å²) in [7, 11) is 0. The molecule has 0 radical (unpaired) electrons. The second-order valence-electron chi connectivity index (χ2n) is 2.98. The second kappa shape index (κ2) is 2.88. The highest BCUT2D eigenvalue weighted by Crippen LogP contribution is 2.10. The summed E-state index contributed by atoms with van der Waals surface area (Å²) in [6, 6.07) is 3.93. The Morgan fingerprint density at radius 3 is 2.77 bits per heavy atom. The van der Waals surface area contributed by atoms with E-state index >= 15 is 0 Å². The number of H-pyrrole nitrogens is 1. The number of aromatic nitrogens is 3. The first-order chi connectivity index (χ1) is 6.16. The van der Waals surface area contributed by atoms with Crippen LogP contribution in [0.2, 0.25) is 0 Å². The quantitative estimate of drug-likeness (QED) is 0.650. The molecule has 2 aromatic heterocycles. The van der Waals surface area contributed by atoms with Crippen LogP contribution in [0.3, 0.4) is 0 Å². The molecule has 0 aliphatic carbocycles. The van der Waals surface area contributed by atoms with Crippen molar-refractivity contribution in [2.75, 3.05) is 0 Å². The molecule has 0 aliphatic heterocycles. The lowest BCUT2D eigenvalue weighted by Crippen LogP contribution is -1.93. The lowest BCUT2D eigenvalue weighted by Gasteiger charge is -2.00. The van der Waals surface area contributed by atoms with Crippen LogP contribution in [0.25, 0.3) is 11.0 Å². The summed E-state index contributed by atoms with van der Waals surface area (Å²) in [6.07, 6.45) is 0. The third-order valence-electron chi connectivity index (χ3n) is 1.82. The summed E-state index contributed by atoms with van der Waals surface area (Å²) in [6.45, 7) is 3.82. The molecule has 0 fully saturated rings. The standard InChI is InChI=1S/C9H9N3S/c1-5-3-4-7-8(10-5)9(13)12-6(2)11-7/h3-4H,1-2H3,(H,11,12,13). The van der Waals surface area contributed by atoms with Crippen molar-refractivity contribution < 1.29 is 0 Å². The molecule has 0 amide bonds. The van der Waals surface area contributed by atoms with Gasteiger partial charge in [0.15, 0.2) is 4.64 Å². The van der Waals surface area contributed by atoms with Crippen molar-refractivity contribution in [3.63, 3.8) is 0 Å². The minimum absolute atomic E-state index is 0.565. The van der Waals surface area contributed by atoms with E-state index in [2.05, 4.69) is 15.0 Å². The fourth-order valence-corrected chi connectivity index (χ4v) is 1.54. The Balaban J connectivity index is 2.95. The summed E-state index contributed by atoms with van der Waals surface area (Å²) < 4.78 is 0.565. The molecule has 0 atom stereocenters. The van der Waals surface area contributed by atoms with Gasteiger partial charge in [-0.2, -0.15) is 0 Å². The van der Waals surface area contributed by atoms with Gasteiger partial charge in [-0.1, -0.05) is 12.2 Å². The fraction of sp³-hybridized carbons (Fsp3) is 0.222. The lowest BCUT2D eigenvalue weighted by molar-refractivity contribution is 1.06. The number of pyridine rings is 1. The van der Waals surface area contributed by atoms with Crippen LogP contribution < -0.4 is 0 Å². The molecule has 0 unspecified atom stereocenters. The molecule has 0 saturated heterocycles. The first-order valence-electron chi connectivity index (χ1n) is 4.01. The van der Waals surface area contributed by atoms with E-state index in [1.165, 1.54) is 0 Å². The smallest absolute Gasteiger partial charge is 0.155 e. The highest BCUT2D eigenvalue weighted by atomic mass is 32.1. The molecule has 0 saturated carbocycles. The van der Waals surface area contributed by atoms with E-state index in [1.807, 2.05) is 26.0 Å². The Morgan fingerprint density at radius 1 is 1.23 bits per heavy atom. The minimum atomic E-state index is 0.565. The number of nitrogens with zero attached hydrogens (tertiary/aromatic N) is 2. The zero-order valence-electron chi connectivity index (χ0n) is 7.46. The van der Waals surface area contributed by atoms with Gasteiger partial charge in [-0.15, -0.1) is 0 Å². The molecular formula is C9H9N3S. The van der Waals surface area contributed by atoms with Gasteiger partial charge in [0.25, 0.3) is 0 Å². The van der Waals surface area contributed by atoms with Crippen molar-refractivity contribution >= 4 is 23.3 Å². The average molecular weight is 191 g/mol. The SMILES string of the molecule is Cc1ccc2[nH]c(C)nc(=S)c2n1. The van der Waals surface area contributed by atoms with Crippen molar-refractivity contribution in [2.45, 2.75) is 13.8 Å². The maximum atomic E-state index is 5.11. The van der Waals surface area contributed by atoms with Gasteiger partial charge < -0.3 is 4.98 Å². The Bertz CT molecular complexity index is 516. The van der Waals surface area contributed by atoms with Gasteiger partial charge in [-0.3, -0.25) is 0 Å². The van der Waals surface area contributed by atoms with Gasteiger partial charge in [0, 0.05) is 5.69 Å². The van der Waals surface area contributed by atoms with E-state index in [0.717, 1.165) is 22.6 Å². The predicted octanol–water partition coefficient (Wildman–Crippen LogP) is 2.30. The molecule has 0 spiro atoms. The molecule has 3 nitrogen and oxygen atoms in total. The van der Waals surface area contributed by atoms with E-state index in [1.54, 1.807) is 0 Å². The predicted molar refractivity (Wildman–Crippen MR) is 54.2 cm³/mol. The van der Waals surface area contributed by atoms with Gasteiger partial charge in [0.2, 0.25) is 0 Å². The lowest BCUT2D eigenvalue weighted by atomic mass is 10.3. The first kappa shape index (κ1) is 8.31. The van der Waals surface area contributed by atoms with Crippen LogP contribution in [0.5, 0.6) is 0 Å². The number of aromatic amines is 1. The molecule has 0 aliphatic rings. The number of aryl methyl sites for hydroxylation is 2. The summed E-state index contributed by atoms with van der Waals surface area (Å²) in [5.41, 5.74) is 2.68. The highest BCUT2D eigenvalue weighted by molar-refractivity contribution is 7.71. The van der Waals surface area contributed by atoms with E-state index < -0.39 is 0 Å². The molecule has 0 aromatic carbocycles. The van der Waals surface area contributed by atoms with Crippen LogP contribution in [-0.2, 0) is 0 Å². The van der Waals surface area contributed by atoms with Gasteiger partial charge in [0.1, 0.15) is 11.3 Å². The zero-order valence-corrected chi connectivity index (χ0v) is 8.27. The molecule has 2 aromatic rings. The Morgan fingerprint density at radius 2 is 2.00 bits per heavy atom. The number of hydrogen-bond donors (Lipinski definition) is 1. The number of rotatable bonds is 0. The van der Waals surface area contributed by atoms with E-state index in [-0.39, 0.29) is 0 Å². The Labute approximate surface area is 80.9 Å². The molecule has 1 N–H and O–H groups in total. The molecular weight excluding hydrogens is 182 g/mol. The van der Waals surface area contributed by atoms with Crippen LogP contribution in [0, 0.1) is 18.5 Å². The van der Waals surface area contributed by atoms with Crippen LogP contribution >= 0.6 is 12.2 Å². The molecule has 66 valence electrons. The monoisotopic (exact) mass is 191 g/mol. The van der Waals surface area contributed by atoms with Crippen LogP contribution in [-0.4, -0.2) is 15.0 Å². The summed E-state index contributed by atoms with van der Waals surface area (Å²) in [5.74, 6) is 0.822. The fourth-order valence-electron chi connectivity index (χ4n) is 1.25. The average Bonchev–Trinajstić information content (AvgIpc) is 2.06. The van der Waals surface area contributed by atoms with Gasteiger partial charge in [0.05, 0.1) is 5.52 Å². The normalized spacial score (nSPS) is 10.6. The number of nitrogens with one attached hydrogen (secondary N) is 1. The number of hydrogen-bond acceptors (Lipinski definition) is 3. The number of fused-ring (bicyclic) bond motifs is 1. The molecule has 2 rings (SSSR count). The third-order valence-corrected chi connectivity index (χ3v) is 2.11. The van der Waals surface area contributed by atoms with E-state index in [4.69, 9.17) is 12.2 Å². The zero-order chi connectivity index (χ0) is 9.42. The Kier molecular flexibility index (Phi) is 1.84. The van der Waals surface area contributed by atoms with Crippen molar-refractivity contribution in [2.24, 2.45) is 0 Å². The summed E-state index contributed by atoms with van der Waals surface area (Å²) in [4.78, 5) is 11.6. The van der Waals surface area contributed by atoms with Crippen LogP contribution in [0.4, 0.5) is 0 Å². The summed E-state index contributed by atoms with van der Waals surface area (Å²) in [5, 5.41) is 0. The Hall–Kier alpha value is -1.29. The second-order valence-corrected chi connectivity index (χ2v) is 3.36. The highest BCUT2D eigenvalue weighted by Gasteiger charge is 1.99. The van der Waals surface area contributed by atoms with E-state index in [0.29, 0.717) is 4.64 Å². The van der Waals surface area contributed by atoms with Gasteiger partial charge in [-0.05, 0) is 26.0 Å². The first-order valence-corrected chi connectivity index (χ1v) is 4.42. The van der Waals surface area contributed by atoms with Gasteiger partial charge >= 0.3 is 0 Å². The van der Waals surface area contributed by atoms with Crippen molar-refractivity contribution in [1.29, 1.82) is 0 Å². The molecule has 13 heavy (non-hydrogen) atoms. The van der Waals surface area contributed by atoms with Crippen LogP contribution in [0.1, 0.15) is 11.5 Å². The maximum absolute atomic E-state index is 5.11. The van der Waals surface area contributed by atoms with Crippen molar-refractivity contribution in [3.8, 4) is 0 Å². The topological polar surface area (TPSA) is 41.6 Å². The largest absolute Gasteiger partial charge is 0.342 e. The molecule has 4 heteroatoms. The van der Waals surface area contributed by atoms with Gasteiger partial charge in [-0.25, -0.2) is 9.97 Å². The molecule has 2 heterocycles. The van der Waals surface area contributed by atoms with Crippen LogP contribution in [0.15, 0.2) is 12.1 Å². The minimum Gasteiger partial charge on any atom is -0.342 e. The maximum Gasteiger partial charge on any atom is 0.155 e. The van der Waals surface area contributed by atoms with E-state index in [9.17, 15) is 0 Å². The summed E-state index contributed by atoms with van der Waals surface area (Å²) >= 11 is 5.11. The van der Waals surface area contributed by atoms with Crippen molar-refractivity contribution in [3.05, 3.63) is 28.3 Å². The third kappa shape index (κ3) is 1.45. The molecule has 0 bridgehead atoms.